The highest BCUT2D eigenvalue weighted by atomic mass is 16.5. The van der Waals surface area contributed by atoms with E-state index in [4.69, 9.17) is 9.47 Å². The van der Waals surface area contributed by atoms with E-state index >= 15 is 0 Å². The lowest BCUT2D eigenvalue weighted by Crippen LogP contribution is -2.30. The zero-order valence-corrected chi connectivity index (χ0v) is 13.4. The van der Waals surface area contributed by atoms with E-state index in [-0.39, 0.29) is 0 Å². The molecule has 0 aromatic heterocycles. The van der Waals surface area contributed by atoms with E-state index in [0.717, 1.165) is 31.7 Å². The smallest absolute Gasteiger partial charge is 0.118 e. The molecule has 1 aliphatic carbocycles. The minimum Gasteiger partial charge on any atom is -0.497 e. The molecular weight excluding hydrogens is 262 g/mol. The van der Waals surface area contributed by atoms with Gasteiger partial charge in [0.15, 0.2) is 0 Å². The lowest BCUT2D eigenvalue weighted by atomic mass is 10.1. The van der Waals surface area contributed by atoms with Crippen molar-refractivity contribution >= 4 is 0 Å². The van der Waals surface area contributed by atoms with E-state index < -0.39 is 0 Å². The van der Waals surface area contributed by atoms with Gasteiger partial charge in [0.2, 0.25) is 0 Å². The van der Waals surface area contributed by atoms with Crippen LogP contribution in [-0.4, -0.2) is 32.4 Å². The standard InChI is InChI=1S/C18H29NO2/c1-15(19-13-14-21-18-5-3-4-6-18)7-8-16-9-11-17(20-2)12-10-16/h9-12,15,18-19H,3-8,13-14H2,1-2H3. The fourth-order valence-electron chi connectivity index (χ4n) is 2.86. The molecule has 0 bridgehead atoms. The molecule has 0 radical (unpaired) electrons. The molecule has 1 fully saturated rings. The molecule has 1 atom stereocenters. The van der Waals surface area contributed by atoms with Gasteiger partial charge in [-0.25, -0.2) is 0 Å². The average Bonchev–Trinajstić information content (AvgIpc) is 3.03. The molecule has 3 nitrogen and oxygen atoms in total. The van der Waals surface area contributed by atoms with Gasteiger partial charge in [-0.3, -0.25) is 0 Å². The number of methoxy groups -OCH3 is 1. The van der Waals surface area contributed by atoms with E-state index in [1.807, 2.05) is 12.1 Å². The van der Waals surface area contributed by atoms with Crippen molar-refractivity contribution in [3.63, 3.8) is 0 Å². The van der Waals surface area contributed by atoms with Crippen molar-refractivity contribution in [1.82, 2.24) is 5.32 Å². The molecule has 118 valence electrons. The molecule has 2 rings (SSSR count). The van der Waals surface area contributed by atoms with Gasteiger partial charge in [-0.15, -0.1) is 0 Å². The fourth-order valence-corrected chi connectivity index (χ4v) is 2.86. The van der Waals surface area contributed by atoms with Gasteiger partial charge in [-0.05, 0) is 50.3 Å². The van der Waals surface area contributed by atoms with Gasteiger partial charge in [0.25, 0.3) is 0 Å². The monoisotopic (exact) mass is 291 g/mol. The Bertz CT molecular complexity index is 385. The van der Waals surface area contributed by atoms with E-state index in [0.29, 0.717) is 12.1 Å². The lowest BCUT2D eigenvalue weighted by molar-refractivity contribution is 0.0592. The first-order valence-electron chi connectivity index (χ1n) is 8.26. The fraction of sp³-hybridized carbons (Fsp3) is 0.667. The Morgan fingerprint density at radius 1 is 1.19 bits per heavy atom. The predicted octanol–water partition coefficient (Wildman–Crippen LogP) is 3.57. The Labute approximate surface area is 129 Å². The number of benzene rings is 1. The second-order valence-electron chi connectivity index (χ2n) is 6.02. The Kier molecular flexibility index (Phi) is 7.04. The molecule has 1 saturated carbocycles. The zero-order valence-electron chi connectivity index (χ0n) is 13.4. The third-order valence-corrected chi connectivity index (χ3v) is 4.28. The van der Waals surface area contributed by atoms with Gasteiger partial charge in [0.1, 0.15) is 5.75 Å². The quantitative estimate of drug-likeness (QED) is 0.706. The van der Waals surface area contributed by atoms with Crippen molar-refractivity contribution in [1.29, 1.82) is 0 Å². The van der Waals surface area contributed by atoms with Crippen molar-refractivity contribution in [2.45, 2.75) is 57.6 Å². The first-order chi connectivity index (χ1) is 10.3. The van der Waals surface area contributed by atoms with Crippen LogP contribution in [0.5, 0.6) is 5.75 Å². The van der Waals surface area contributed by atoms with Gasteiger partial charge >= 0.3 is 0 Å². The Morgan fingerprint density at radius 3 is 2.57 bits per heavy atom. The average molecular weight is 291 g/mol. The molecule has 1 aliphatic rings. The minimum absolute atomic E-state index is 0.527. The largest absolute Gasteiger partial charge is 0.497 e. The van der Waals surface area contributed by atoms with Crippen LogP contribution in [0.4, 0.5) is 0 Å². The van der Waals surface area contributed by atoms with Crippen molar-refractivity contribution < 1.29 is 9.47 Å². The second kappa shape index (κ2) is 9.06. The Hall–Kier alpha value is -1.06. The molecule has 0 spiro atoms. The number of ether oxygens (including phenoxy) is 2. The highest BCUT2D eigenvalue weighted by Gasteiger charge is 2.14. The van der Waals surface area contributed by atoms with Crippen LogP contribution in [0, 0.1) is 0 Å². The van der Waals surface area contributed by atoms with Gasteiger partial charge in [0.05, 0.1) is 19.8 Å². The van der Waals surface area contributed by atoms with Crippen LogP contribution >= 0.6 is 0 Å². The maximum absolute atomic E-state index is 5.87. The van der Waals surface area contributed by atoms with Crippen LogP contribution in [-0.2, 0) is 11.2 Å². The maximum Gasteiger partial charge on any atom is 0.118 e. The summed E-state index contributed by atoms with van der Waals surface area (Å²) < 4.78 is 11.0. The second-order valence-corrected chi connectivity index (χ2v) is 6.02. The molecule has 1 unspecified atom stereocenters. The summed E-state index contributed by atoms with van der Waals surface area (Å²) in [7, 11) is 1.70. The van der Waals surface area contributed by atoms with Crippen LogP contribution < -0.4 is 10.1 Å². The van der Waals surface area contributed by atoms with Gasteiger partial charge < -0.3 is 14.8 Å². The number of hydrogen-bond donors (Lipinski definition) is 1. The Balaban J connectivity index is 1.54. The molecule has 0 aliphatic heterocycles. The summed E-state index contributed by atoms with van der Waals surface area (Å²) in [6.07, 6.45) is 7.98. The van der Waals surface area contributed by atoms with Gasteiger partial charge in [0, 0.05) is 12.6 Å². The number of rotatable bonds is 9. The summed E-state index contributed by atoms with van der Waals surface area (Å²) >= 11 is 0. The molecule has 0 saturated heterocycles. The summed E-state index contributed by atoms with van der Waals surface area (Å²) in [4.78, 5) is 0. The third kappa shape index (κ3) is 6.06. The lowest BCUT2D eigenvalue weighted by Gasteiger charge is -2.16. The van der Waals surface area contributed by atoms with Crippen molar-refractivity contribution in [2.24, 2.45) is 0 Å². The van der Waals surface area contributed by atoms with Crippen molar-refractivity contribution in [3.8, 4) is 5.75 Å². The van der Waals surface area contributed by atoms with Crippen LogP contribution in [0.3, 0.4) is 0 Å². The SMILES string of the molecule is COc1ccc(CCC(C)NCCOC2CCCC2)cc1. The normalized spacial score (nSPS) is 17.0. The first kappa shape index (κ1) is 16.3. The molecule has 1 N–H and O–H groups in total. The highest BCUT2D eigenvalue weighted by molar-refractivity contribution is 5.27. The van der Waals surface area contributed by atoms with E-state index in [1.54, 1.807) is 7.11 Å². The highest BCUT2D eigenvalue weighted by Crippen LogP contribution is 2.20. The molecule has 3 heteroatoms. The summed E-state index contributed by atoms with van der Waals surface area (Å²) in [6.45, 7) is 4.05. The molecule has 0 amide bonds. The van der Waals surface area contributed by atoms with Crippen LogP contribution in [0.15, 0.2) is 24.3 Å². The number of aryl methyl sites for hydroxylation is 1. The van der Waals surface area contributed by atoms with Crippen LogP contribution in [0.25, 0.3) is 0 Å². The summed E-state index contributed by atoms with van der Waals surface area (Å²) in [5, 5.41) is 3.55. The summed E-state index contributed by atoms with van der Waals surface area (Å²) in [5.74, 6) is 0.925. The summed E-state index contributed by atoms with van der Waals surface area (Å²) in [5.41, 5.74) is 1.37. The van der Waals surface area contributed by atoms with E-state index in [1.165, 1.54) is 31.2 Å². The molecule has 0 heterocycles. The predicted molar refractivity (Wildman–Crippen MR) is 87.0 cm³/mol. The number of nitrogens with one attached hydrogen (secondary N) is 1. The van der Waals surface area contributed by atoms with E-state index in [9.17, 15) is 0 Å². The molecule has 1 aromatic carbocycles. The first-order valence-corrected chi connectivity index (χ1v) is 8.26. The minimum atomic E-state index is 0.527. The topological polar surface area (TPSA) is 30.5 Å². The molecule has 1 aromatic rings. The maximum atomic E-state index is 5.87. The zero-order chi connectivity index (χ0) is 14.9. The third-order valence-electron chi connectivity index (χ3n) is 4.28. The van der Waals surface area contributed by atoms with Crippen LogP contribution in [0.2, 0.25) is 0 Å². The molecule has 21 heavy (non-hydrogen) atoms. The Morgan fingerprint density at radius 2 is 1.90 bits per heavy atom. The van der Waals surface area contributed by atoms with E-state index in [2.05, 4.69) is 24.4 Å². The molecular formula is C18H29NO2. The number of hydrogen-bond acceptors (Lipinski definition) is 3. The summed E-state index contributed by atoms with van der Waals surface area (Å²) in [6, 6.07) is 8.88. The van der Waals surface area contributed by atoms with Crippen molar-refractivity contribution in [3.05, 3.63) is 29.8 Å². The van der Waals surface area contributed by atoms with Crippen molar-refractivity contribution in [2.75, 3.05) is 20.3 Å². The van der Waals surface area contributed by atoms with Crippen LogP contribution in [0.1, 0.15) is 44.6 Å². The van der Waals surface area contributed by atoms with Gasteiger partial charge in [-0.2, -0.15) is 0 Å². The van der Waals surface area contributed by atoms with Gasteiger partial charge in [-0.1, -0.05) is 25.0 Å².